The number of pyridine rings is 1. The summed E-state index contributed by atoms with van der Waals surface area (Å²) in [5.74, 6) is -0.0763. The number of halogens is 3. The van der Waals surface area contributed by atoms with Gasteiger partial charge in [0.25, 0.3) is 0 Å². The van der Waals surface area contributed by atoms with Gasteiger partial charge in [-0.1, -0.05) is 23.7 Å². The van der Waals surface area contributed by atoms with Gasteiger partial charge in [-0.05, 0) is 49.1 Å². The highest BCUT2D eigenvalue weighted by atomic mass is 35.5. The third kappa shape index (κ3) is 2.84. The minimum atomic E-state index is -3.66. The number of ketones is 1. The number of hydrogen-bond donors (Lipinski definition) is 0. The second kappa shape index (κ2) is 5.39. The molecule has 0 atom stereocenters. The smallest absolute Gasteiger partial charge is 0.395 e. The van der Waals surface area contributed by atoms with E-state index in [0.717, 1.165) is 5.56 Å². The largest absolute Gasteiger partial charge is 0.586 e. The molecule has 7 heteroatoms. The third-order valence-electron chi connectivity index (χ3n) is 4.67. The first-order valence-corrected chi connectivity index (χ1v) is 8.23. The highest BCUT2D eigenvalue weighted by molar-refractivity contribution is 6.30. The van der Waals surface area contributed by atoms with E-state index >= 15 is 0 Å². The molecule has 0 radical (unpaired) electrons. The number of hydrogen-bond acceptors (Lipinski definition) is 4. The van der Waals surface area contributed by atoms with Crippen LogP contribution in [0.4, 0.5) is 8.78 Å². The molecule has 130 valence electrons. The number of aryl methyl sites for hydroxylation is 1. The van der Waals surface area contributed by atoms with Crippen LogP contribution in [-0.2, 0) is 16.6 Å². The van der Waals surface area contributed by atoms with Crippen molar-refractivity contribution in [3.63, 3.8) is 0 Å². The molecule has 0 spiro atoms. The lowest BCUT2D eigenvalue weighted by Crippen LogP contribution is -2.26. The van der Waals surface area contributed by atoms with Crippen molar-refractivity contribution in [2.45, 2.75) is 37.9 Å². The molecule has 1 aromatic carbocycles. The second-order valence-corrected chi connectivity index (χ2v) is 6.78. The SMILES string of the molecule is Cc1ccc(CC(=O)C2(c3ccc4c(c3)OC(F)(F)O4)CC2)nc1Cl. The van der Waals surface area contributed by atoms with Crippen LogP contribution < -0.4 is 9.47 Å². The van der Waals surface area contributed by atoms with E-state index < -0.39 is 11.7 Å². The van der Waals surface area contributed by atoms with Crippen LogP contribution in [0, 0.1) is 6.92 Å². The fourth-order valence-corrected chi connectivity index (χ4v) is 3.25. The molecule has 0 unspecified atom stereocenters. The zero-order valence-electron chi connectivity index (χ0n) is 13.3. The average Bonchev–Trinajstić information content (AvgIpc) is 3.28. The summed E-state index contributed by atoms with van der Waals surface area (Å²) in [6, 6.07) is 8.12. The summed E-state index contributed by atoms with van der Waals surface area (Å²) in [5, 5.41) is 0.375. The zero-order chi connectivity index (χ0) is 17.8. The molecule has 25 heavy (non-hydrogen) atoms. The molecule has 1 aliphatic heterocycles. The van der Waals surface area contributed by atoms with E-state index in [1.807, 2.05) is 13.0 Å². The molecule has 1 aliphatic carbocycles. The van der Waals surface area contributed by atoms with Crippen LogP contribution in [0.1, 0.15) is 29.7 Å². The van der Waals surface area contributed by atoms with Crippen LogP contribution in [0.15, 0.2) is 30.3 Å². The Balaban J connectivity index is 1.58. The van der Waals surface area contributed by atoms with Crippen LogP contribution in [0.25, 0.3) is 0 Å². The van der Waals surface area contributed by atoms with Crippen molar-refractivity contribution in [3.8, 4) is 11.5 Å². The maximum atomic E-state index is 13.2. The maximum Gasteiger partial charge on any atom is 0.586 e. The van der Waals surface area contributed by atoms with E-state index in [1.54, 1.807) is 12.1 Å². The Morgan fingerprint density at radius 2 is 1.92 bits per heavy atom. The number of benzene rings is 1. The Morgan fingerprint density at radius 3 is 2.60 bits per heavy atom. The molecule has 1 aromatic heterocycles. The van der Waals surface area contributed by atoms with E-state index in [1.165, 1.54) is 12.1 Å². The van der Waals surface area contributed by atoms with Crippen molar-refractivity contribution in [1.29, 1.82) is 0 Å². The molecule has 0 saturated heterocycles. The van der Waals surface area contributed by atoms with Crippen LogP contribution in [0.3, 0.4) is 0 Å². The van der Waals surface area contributed by atoms with Crippen molar-refractivity contribution < 1.29 is 23.0 Å². The second-order valence-electron chi connectivity index (χ2n) is 6.42. The standard InChI is InChI=1S/C18H14ClF2NO3/c1-10-2-4-12(22-16(10)19)9-15(23)17(6-7-17)11-3-5-13-14(8-11)25-18(20,21)24-13/h2-5,8H,6-7,9H2,1H3. The maximum absolute atomic E-state index is 13.2. The number of Topliss-reactive ketones (excluding diaryl/α,β-unsaturated/α-hetero) is 1. The van der Waals surface area contributed by atoms with Crippen LogP contribution >= 0.6 is 11.6 Å². The first kappa shape index (κ1) is 16.3. The van der Waals surface area contributed by atoms with Gasteiger partial charge in [-0.15, -0.1) is 8.78 Å². The average molecular weight is 366 g/mol. The van der Waals surface area contributed by atoms with E-state index in [9.17, 15) is 13.6 Å². The summed E-state index contributed by atoms with van der Waals surface area (Å²) in [6.45, 7) is 1.84. The summed E-state index contributed by atoms with van der Waals surface area (Å²) < 4.78 is 35.2. The van der Waals surface area contributed by atoms with Gasteiger partial charge in [0.1, 0.15) is 10.9 Å². The summed E-state index contributed by atoms with van der Waals surface area (Å²) in [5.41, 5.74) is 1.43. The van der Waals surface area contributed by atoms with Gasteiger partial charge in [0.05, 0.1) is 5.41 Å². The molecular weight excluding hydrogens is 352 g/mol. The first-order valence-electron chi connectivity index (χ1n) is 7.85. The van der Waals surface area contributed by atoms with Crippen LogP contribution in [-0.4, -0.2) is 17.1 Å². The molecule has 4 rings (SSSR count). The Morgan fingerprint density at radius 1 is 1.20 bits per heavy atom. The van der Waals surface area contributed by atoms with Gasteiger partial charge in [0, 0.05) is 12.1 Å². The summed E-state index contributed by atoms with van der Waals surface area (Å²) >= 11 is 6.01. The lowest BCUT2D eigenvalue weighted by atomic mass is 9.88. The van der Waals surface area contributed by atoms with Gasteiger partial charge in [-0.2, -0.15) is 0 Å². The molecule has 1 saturated carbocycles. The quantitative estimate of drug-likeness (QED) is 0.762. The topological polar surface area (TPSA) is 48.4 Å². The van der Waals surface area contributed by atoms with Crippen molar-refractivity contribution in [2.24, 2.45) is 0 Å². The Bertz CT molecular complexity index is 881. The van der Waals surface area contributed by atoms with Crippen molar-refractivity contribution in [1.82, 2.24) is 4.98 Å². The number of rotatable bonds is 4. The Labute approximate surface area is 147 Å². The van der Waals surface area contributed by atoms with E-state index in [-0.39, 0.29) is 23.7 Å². The molecule has 0 amide bonds. The Kier molecular flexibility index (Phi) is 3.51. The van der Waals surface area contributed by atoms with E-state index in [0.29, 0.717) is 29.3 Å². The van der Waals surface area contributed by atoms with Gasteiger partial charge in [-0.25, -0.2) is 4.98 Å². The van der Waals surface area contributed by atoms with Crippen LogP contribution in [0.5, 0.6) is 11.5 Å². The van der Waals surface area contributed by atoms with E-state index in [2.05, 4.69) is 14.5 Å². The van der Waals surface area contributed by atoms with Gasteiger partial charge >= 0.3 is 6.29 Å². The van der Waals surface area contributed by atoms with Crippen molar-refractivity contribution in [3.05, 3.63) is 52.3 Å². The molecule has 2 aromatic rings. The number of alkyl halides is 2. The summed E-state index contributed by atoms with van der Waals surface area (Å²) in [7, 11) is 0. The monoisotopic (exact) mass is 365 g/mol. The van der Waals surface area contributed by atoms with E-state index in [4.69, 9.17) is 11.6 Å². The number of ether oxygens (including phenoxy) is 2. The normalized spacial score (nSPS) is 18.9. The molecule has 4 nitrogen and oxygen atoms in total. The van der Waals surface area contributed by atoms with Crippen molar-refractivity contribution >= 4 is 17.4 Å². The van der Waals surface area contributed by atoms with Crippen molar-refractivity contribution in [2.75, 3.05) is 0 Å². The number of aromatic nitrogens is 1. The minimum absolute atomic E-state index is 0.00875. The molecule has 2 aliphatic rings. The summed E-state index contributed by atoms with van der Waals surface area (Å²) in [6.07, 6.45) is -2.18. The predicted octanol–water partition coefficient (Wildman–Crippen LogP) is 4.21. The highest BCUT2D eigenvalue weighted by Gasteiger charge is 2.52. The predicted molar refractivity (Wildman–Crippen MR) is 86.3 cm³/mol. The van der Waals surface area contributed by atoms with Gasteiger partial charge in [0.2, 0.25) is 0 Å². The Hall–Kier alpha value is -2.21. The number of fused-ring (bicyclic) bond motifs is 1. The molecule has 0 N–H and O–H groups in total. The van der Waals surface area contributed by atoms with Gasteiger partial charge in [0.15, 0.2) is 11.5 Å². The minimum Gasteiger partial charge on any atom is -0.395 e. The third-order valence-corrected chi connectivity index (χ3v) is 5.05. The molecular formula is C18H14ClF2NO3. The van der Waals surface area contributed by atoms with Crippen LogP contribution in [0.2, 0.25) is 5.15 Å². The van der Waals surface area contributed by atoms with Gasteiger partial charge < -0.3 is 9.47 Å². The lowest BCUT2D eigenvalue weighted by molar-refractivity contribution is -0.286. The number of nitrogens with zero attached hydrogens (tertiary/aromatic N) is 1. The fraction of sp³-hybridized carbons (Fsp3) is 0.333. The highest BCUT2D eigenvalue weighted by Crippen LogP contribution is 2.52. The first-order chi connectivity index (χ1) is 11.8. The van der Waals surface area contributed by atoms with Gasteiger partial charge in [-0.3, -0.25) is 4.79 Å². The number of carbonyl (C=O) groups is 1. The molecule has 2 heterocycles. The lowest BCUT2D eigenvalue weighted by Gasteiger charge is -2.15. The molecule has 1 fully saturated rings. The fourth-order valence-electron chi connectivity index (χ4n) is 3.07. The zero-order valence-corrected chi connectivity index (χ0v) is 14.1. The number of carbonyl (C=O) groups excluding carboxylic acids is 1. The molecule has 0 bridgehead atoms. The summed E-state index contributed by atoms with van der Waals surface area (Å²) in [4.78, 5) is 17.0.